The minimum atomic E-state index is 0.579. The van der Waals surface area contributed by atoms with Crippen molar-refractivity contribution in [3.63, 3.8) is 0 Å². The Bertz CT molecular complexity index is 156. The van der Waals surface area contributed by atoms with E-state index in [2.05, 4.69) is 14.9 Å². The number of hydrogen-bond donors (Lipinski definition) is 0. The molecule has 0 saturated heterocycles. The van der Waals surface area contributed by atoms with Crippen molar-refractivity contribution in [1.29, 1.82) is 0 Å². The van der Waals surface area contributed by atoms with E-state index in [0.29, 0.717) is 6.54 Å². The fourth-order valence-electron chi connectivity index (χ4n) is 0.933. The molecule has 76 valence electrons. The van der Waals surface area contributed by atoms with E-state index in [1.165, 1.54) is 0 Å². The van der Waals surface area contributed by atoms with Crippen molar-refractivity contribution in [2.75, 3.05) is 39.9 Å². The summed E-state index contributed by atoms with van der Waals surface area (Å²) >= 11 is 0. The Kier molecular flexibility index (Phi) is 8.77. The number of likely N-dealkylation sites (N-methyl/N-ethyl adjacent to an activating group) is 1. The Morgan fingerprint density at radius 3 is 2.85 bits per heavy atom. The van der Waals surface area contributed by atoms with Crippen LogP contribution in [0.25, 0.3) is 10.4 Å². The van der Waals surface area contributed by atoms with Crippen molar-refractivity contribution in [2.24, 2.45) is 5.11 Å². The first-order valence-electron chi connectivity index (χ1n) is 4.58. The topological polar surface area (TPSA) is 61.2 Å². The molecule has 0 fully saturated rings. The van der Waals surface area contributed by atoms with E-state index in [4.69, 9.17) is 10.3 Å². The Balaban J connectivity index is 3.19. The van der Waals surface area contributed by atoms with Crippen LogP contribution in [-0.4, -0.2) is 44.8 Å². The van der Waals surface area contributed by atoms with Gasteiger partial charge in [0.05, 0.1) is 6.61 Å². The first kappa shape index (κ1) is 12.2. The van der Waals surface area contributed by atoms with Gasteiger partial charge >= 0.3 is 0 Å². The van der Waals surface area contributed by atoms with Crippen molar-refractivity contribution in [3.8, 4) is 0 Å². The third kappa shape index (κ3) is 9.14. The van der Waals surface area contributed by atoms with Gasteiger partial charge in [0, 0.05) is 24.6 Å². The molecule has 0 bridgehead atoms. The maximum absolute atomic E-state index is 8.03. The predicted octanol–water partition coefficient (Wildman–Crippen LogP) is 1.66. The molecular formula is C8H18N4O. The maximum Gasteiger partial charge on any atom is 0.0593 e. The van der Waals surface area contributed by atoms with Gasteiger partial charge in [-0.25, -0.2) is 0 Å². The summed E-state index contributed by atoms with van der Waals surface area (Å²) in [6.07, 6.45) is 0.909. The molecule has 0 aliphatic rings. The average Bonchev–Trinajstić information content (AvgIpc) is 2.13. The lowest BCUT2D eigenvalue weighted by atomic mass is 10.4. The van der Waals surface area contributed by atoms with Gasteiger partial charge in [-0.2, -0.15) is 0 Å². The van der Waals surface area contributed by atoms with E-state index < -0.39 is 0 Å². The molecule has 0 aromatic rings. The highest BCUT2D eigenvalue weighted by atomic mass is 16.5. The number of hydrogen-bond acceptors (Lipinski definition) is 3. The fourth-order valence-corrected chi connectivity index (χ4v) is 0.933. The van der Waals surface area contributed by atoms with Gasteiger partial charge in [0.2, 0.25) is 0 Å². The minimum absolute atomic E-state index is 0.579. The van der Waals surface area contributed by atoms with E-state index >= 15 is 0 Å². The summed E-state index contributed by atoms with van der Waals surface area (Å²) in [6.45, 7) is 5.99. The van der Waals surface area contributed by atoms with Gasteiger partial charge in [0.25, 0.3) is 0 Å². The van der Waals surface area contributed by atoms with Gasteiger partial charge in [-0.1, -0.05) is 5.11 Å². The smallest absolute Gasteiger partial charge is 0.0593 e. The second-order valence-corrected chi connectivity index (χ2v) is 2.81. The Morgan fingerprint density at radius 2 is 2.23 bits per heavy atom. The molecule has 0 atom stereocenters. The van der Waals surface area contributed by atoms with Crippen LogP contribution in [-0.2, 0) is 4.74 Å². The van der Waals surface area contributed by atoms with Crippen LogP contribution >= 0.6 is 0 Å². The molecule has 0 radical (unpaired) electrons. The van der Waals surface area contributed by atoms with E-state index in [9.17, 15) is 0 Å². The molecule has 0 aliphatic carbocycles. The van der Waals surface area contributed by atoms with Gasteiger partial charge in [0.15, 0.2) is 0 Å². The summed E-state index contributed by atoms with van der Waals surface area (Å²) < 4.78 is 5.21. The third-order valence-corrected chi connectivity index (χ3v) is 1.68. The number of azide groups is 1. The quantitative estimate of drug-likeness (QED) is 0.250. The van der Waals surface area contributed by atoms with E-state index in [1.807, 2.05) is 14.0 Å². The summed E-state index contributed by atoms with van der Waals surface area (Å²) in [5, 5.41) is 3.46. The van der Waals surface area contributed by atoms with Gasteiger partial charge in [-0.3, -0.25) is 0 Å². The van der Waals surface area contributed by atoms with Gasteiger partial charge < -0.3 is 9.64 Å². The Labute approximate surface area is 79.3 Å². The second kappa shape index (κ2) is 9.32. The summed E-state index contributed by atoms with van der Waals surface area (Å²) in [7, 11) is 2.04. The lowest BCUT2D eigenvalue weighted by Crippen LogP contribution is -2.24. The molecule has 0 spiro atoms. The van der Waals surface area contributed by atoms with Crippen LogP contribution in [0, 0.1) is 0 Å². The maximum atomic E-state index is 8.03. The van der Waals surface area contributed by atoms with Crippen molar-refractivity contribution in [1.82, 2.24) is 4.90 Å². The molecule has 0 rings (SSSR count). The number of ether oxygens (including phenoxy) is 1. The van der Waals surface area contributed by atoms with Gasteiger partial charge in [0.1, 0.15) is 0 Å². The summed E-state index contributed by atoms with van der Waals surface area (Å²) in [4.78, 5) is 4.86. The largest absolute Gasteiger partial charge is 0.380 e. The van der Waals surface area contributed by atoms with Crippen molar-refractivity contribution in [3.05, 3.63) is 10.4 Å². The monoisotopic (exact) mass is 186 g/mol. The van der Waals surface area contributed by atoms with Crippen molar-refractivity contribution in [2.45, 2.75) is 13.3 Å². The van der Waals surface area contributed by atoms with Crippen LogP contribution in [0.4, 0.5) is 0 Å². The molecule has 5 heteroatoms. The van der Waals surface area contributed by atoms with Crippen molar-refractivity contribution < 1.29 is 4.74 Å². The zero-order chi connectivity index (χ0) is 9.94. The van der Waals surface area contributed by atoms with Crippen LogP contribution < -0.4 is 0 Å². The summed E-state index contributed by atoms with van der Waals surface area (Å²) in [6, 6.07) is 0. The highest BCUT2D eigenvalue weighted by Crippen LogP contribution is 1.88. The van der Waals surface area contributed by atoms with E-state index in [0.717, 1.165) is 32.7 Å². The molecule has 0 amide bonds. The molecule has 0 saturated carbocycles. The van der Waals surface area contributed by atoms with Crippen molar-refractivity contribution >= 4 is 0 Å². The highest BCUT2D eigenvalue weighted by Gasteiger charge is 1.96. The second-order valence-electron chi connectivity index (χ2n) is 2.81. The van der Waals surface area contributed by atoms with Crippen LogP contribution in [0.1, 0.15) is 13.3 Å². The Hall–Kier alpha value is -0.770. The zero-order valence-electron chi connectivity index (χ0n) is 8.44. The summed E-state index contributed by atoms with van der Waals surface area (Å²) in [5.74, 6) is 0. The number of nitrogens with zero attached hydrogens (tertiary/aromatic N) is 4. The van der Waals surface area contributed by atoms with Crippen LogP contribution in [0.15, 0.2) is 5.11 Å². The summed E-state index contributed by atoms with van der Waals surface area (Å²) in [5.41, 5.74) is 8.03. The molecule has 0 N–H and O–H groups in total. The molecule has 0 heterocycles. The molecule has 0 aliphatic heterocycles. The van der Waals surface area contributed by atoms with E-state index in [-0.39, 0.29) is 0 Å². The minimum Gasteiger partial charge on any atom is -0.380 e. The first-order valence-corrected chi connectivity index (χ1v) is 4.58. The Morgan fingerprint density at radius 1 is 1.46 bits per heavy atom. The van der Waals surface area contributed by atoms with Crippen LogP contribution in [0.2, 0.25) is 0 Å². The van der Waals surface area contributed by atoms with E-state index in [1.54, 1.807) is 0 Å². The molecule has 0 aromatic heterocycles. The van der Waals surface area contributed by atoms with Crippen LogP contribution in [0.5, 0.6) is 0 Å². The normalized spacial score (nSPS) is 10.1. The first-order chi connectivity index (χ1) is 6.31. The lowest BCUT2D eigenvalue weighted by molar-refractivity contribution is 0.122. The van der Waals surface area contributed by atoms with Gasteiger partial charge in [-0.15, -0.1) is 0 Å². The van der Waals surface area contributed by atoms with Crippen LogP contribution in [0.3, 0.4) is 0 Å². The molecule has 5 nitrogen and oxygen atoms in total. The SMILES string of the molecule is CCOCCN(C)CCCN=[N+]=[N-]. The molecular weight excluding hydrogens is 168 g/mol. The standard InChI is InChI=1S/C8H18N4O/c1-3-13-8-7-12(2)6-4-5-10-11-9/h3-8H2,1-2H3. The molecule has 13 heavy (non-hydrogen) atoms. The third-order valence-electron chi connectivity index (χ3n) is 1.68. The molecule has 0 aromatic carbocycles. The zero-order valence-corrected chi connectivity index (χ0v) is 8.44. The predicted molar refractivity (Wildman–Crippen MR) is 52.6 cm³/mol. The highest BCUT2D eigenvalue weighted by molar-refractivity contribution is 4.53. The lowest BCUT2D eigenvalue weighted by Gasteiger charge is -2.15. The fraction of sp³-hybridized carbons (Fsp3) is 1.00. The average molecular weight is 186 g/mol. The number of rotatable bonds is 8. The molecule has 0 unspecified atom stereocenters. The van der Waals surface area contributed by atoms with Gasteiger partial charge in [-0.05, 0) is 32.5 Å².